The number of amides is 3. The summed E-state index contributed by atoms with van der Waals surface area (Å²) in [6.07, 6.45) is 3.35. The highest BCUT2D eigenvalue weighted by atomic mass is 16.5. The lowest BCUT2D eigenvalue weighted by molar-refractivity contribution is -0.140. The highest BCUT2D eigenvalue weighted by Crippen LogP contribution is 2.17. The number of benzene rings is 1. The number of piperazine rings is 1. The normalized spacial score (nSPS) is 20.4. The molecule has 2 unspecified atom stereocenters. The van der Waals surface area contributed by atoms with E-state index in [1.807, 2.05) is 36.9 Å². The van der Waals surface area contributed by atoms with Gasteiger partial charge < -0.3 is 19.9 Å². The number of piperidine rings is 1. The van der Waals surface area contributed by atoms with E-state index in [9.17, 15) is 14.4 Å². The van der Waals surface area contributed by atoms with Crippen molar-refractivity contribution in [3.8, 4) is 5.75 Å². The minimum atomic E-state index is -0.598. The van der Waals surface area contributed by atoms with E-state index in [0.717, 1.165) is 19.4 Å². The van der Waals surface area contributed by atoms with E-state index in [1.54, 1.807) is 17.0 Å². The molecule has 0 bridgehead atoms. The third-order valence-corrected chi connectivity index (χ3v) is 6.53. The summed E-state index contributed by atoms with van der Waals surface area (Å²) in [6, 6.07) is 8.85. The average molecular weight is 459 g/mol. The number of carbonyl (C=O) groups is 3. The molecular weight excluding hydrogens is 420 g/mol. The van der Waals surface area contributed by atoms with Crippen LogP contribution in [0, 0.1) is 5.92 Å². The Morgan fingerprint density at radius 3 is 2.36 bits per heavy atom. The molecular formula is C25H38N4O4. The van der Waals surface area contributed by atoms with E-state index in [2.05, 4.69) is 17.1 Å². The van der Waals surface area contributed by atoms with Gasteiger partial charge in [-0.25, -0.2) is 0 Å². The van der Waals surface area contributed by atoms with Crippen LogP contribution in [0.25, 0.3) is 0 Å². The molecule has 2 aliphatic rings. The van der Waals surface area contributed by atoms with E-state index in [1.165, 1.54) is 6.42 Å². The standard InChI is InChI=1S/C25H38N4O4/c1-19(2)24(26-22(30)18-33-21-10-5-4-6-11-21)25(32)28-15-13-27(14-16-28)17-23(31)29-12-8-7-9-20(29)3/h4-6,10-11,19-20,24H,7-9,12-18H2,1-3H3,(H,26,30). The Kier molecular flexibility index (Phi) is 9.11. The van der Waals surface area contributed by atoms with Gasteiger partial charge >= 0.3 is 0 Å². The number of hydrogen-bond acceptors (Lipinski definition) is 5. The SMILES string of the molecule is CC(C)C(NC(=O)COc1ccccc1)C(=O)N1CCN(CC(=O)N2CCCCC2C)CC1. The molecule has 2 atom stereocenters. The number of carbonyl (C=O) groups excluding carboxylic acids is 3. The number of rotatable bonds is 8. The lowest BCUT2D eigenvalue weighted by atomic mass is 10.0. The van der Waals surface area contributed by atoms with Crippen LogP contribution in [-0.4, -0.2) is 90.4 Å². The molecule has 2 aliphatic heterocycles. The van der Waals surface area contributed by atoms with Crippen LogP contribution < -0.4 is 10.1 Å². The van der Waals surface area contributed by atoms with E-state index < -0.39 is 6.04 Å². The molecule has 1 aromatic carbocycles. The van der Waals surface area contributed by atoms with Gasteiger partial charge in [0.05, 0.1) is 6.54 Å². The molecule has 1 N–H and O–H groups in total. The van der Waals surface area contributed by atoms with Crippen molar-refractivity contribution in [1.82, 2.24) is 20.0 Å². The maximum Gasteiger partial charge on any atom is 0.258 e. The van der Waals surface area contributed by atoms with Crippen LogP contribution in [0.1, 0.15) is 40.0 Å². The van der Waals surface area contributed by atoms with Crippen molar-refractivity contribution < 1.29 is 19.1 Å². The van der Waals surface area contributed by atoms with E-state index in [-0.39, 0.29) is 30.2 Å². The zero-order chi connectivity index (χ0) is 23.8. The number of ether oxygens (including phenoxy) is 1. The van der Waals surface area contributed by atoms with Gasteiger partial charge in [0.2, 0.25) is 11.8 Å². The summed E-state index contributed by atoms with van der Waals surface area (Å²) in [6.45, 7) is 9.54. The van der Waals surface area contributed by atoms with E-state index in [4.69, 9.17) is 4.74 Å². The smallest absolute Gasteiger partial charge is 0.258 e. The molecule has 33 heavy (non-hydrogen) atoms. The van der Waals surface area contributed by atoms with Crippen molar-refractivity contribution in [3.05, 3.63) is 30.3 Å². The number of nitrogens with one attached hydrogen (secondary N) is 1. The van der Waals surface area contributed by atoms with Crippen molar-refractivity contribution in [1.29, 1.82) is 0 Å². The summed E-state index contributed by atoms with van der Waals surface area (Å²) in [5.41, 5.74) is 0. The van der Waals surface area contributed by atoms with Crippen molar-refractivity contribution in [2.45, 2.75) is 52.1 Å². The van der Waals surface area contributed by atoms with Gasteiger partial charge in [-0.3, -0.25) is 19.3 Å². The monoisotopic (exact) mass is 458 g/mol. The van der Waals surface area contributed by atoms with Crippen LogP contribution in [0.3, 0.4) is 0 Å². The van der Waals surface area contributed by atoms with E-state index >= 15 is 0 Å². The Balaban J connectivity index is 1.45. The first-order valence-electron chi connectivity index (χ1n) is 12.1. The second-order valence-electron chi connectivity index (χ2n) is 9.42. The molecule has 1 aromatic rings. The summed E-state index contributed by atoms with van der Waals surface area (Å²) >= 11 is 0. The Hall–Kier alpha value is -2.61. The highest BCUT2D eigenvalue weighted by molar-refractivity contribution is 5.88. The van der Waals surface area contributed by atoms with Gasteiger partial charge in [0.25, 0.3) is 5.91 Å². The van der Waals surface area contributed by atoms with Crippen LogP contribution in [-0.2, 0) is 14.4 Å². The largest absolute Gasteiger partial charge is 0.484 e. The minimum Gasteiger partial charge on any atom is -0.484 e. The Morgan fingerprint density at radius 1 is 1.03 bits per heavy atom. The van der Waals surface area contributed by atoms with Crippen molar-refractivity contribution in [3.63, 3.8) is 0 Å². The van der Waals surface area contributed by atoms with Crippen molar-refractivity contribution in [2.24, 2.45) is 5.92 Å². The van der Waals surface area contributed by atoms with E-state index in [0.29, 0.717) is 44.5 Å². The second-order valence-corrected chi connectivity index (χ2v) is 9.42. The van der Waals surface area contributed by atoms with Crippen LogP contribution in [0.2, 0.25) is 0 Å². The lowest BCUT2D eigenvalue weighted by Crippen LogP contribution is -2.58. The van der Waals surface area contributed by atoms with Gasteiger partial charge in [-0.1, -0.05) is 32.0 Å². The predicted octanol–water partition coefficient (Wildman–Crippen LogP) is 1.75. The summed E-state index contributed by atoms with van der Waals surface area (Å²) in [7, 11) is 0. The third kappa shape index (κ3) is 7.19. The Labute approximate surface area is 197 Å². The topological polar surface area (TPSA) is 82.2 Å². The second kappa shape index (κ2) is 12.0. The number of hydrogen-bond donors (Lipinski definition) is 1. The van der Waals surface area contributed by atoms with Gasteiger partial charge in [0.1, 0.15) is 11.8 Å². The van der Waals surface area contributed by atoms with Crippen LogP contribution >= 0.6 is 0 Å². The van der Waals surface area contributed by atoms with Crippen LogP contribution in [0.4, 0.5) is 0 Å². The molecule has 2 saturated heterocycles. The number of nitrogens with zero attached hydrogens (tertiary/aromatic N) is 3. The molecule has 0 radical (unpaired) electrons. The maximum atomic E-state index is 13.1. The zero-order valence-electron chi connectivity index (χ0n) is 20.2. The predicted molar refractivity (Wildman–Crippen MR) is 127 cm³/mol. The molecule has 3 amide bonds. The maximum absolute atomic E-state index is 13.1. The van der Waals surface area contributed by atoms with Crippen LogP contribution in [0.5, 0.6) is 5.75 Å². The van der Waals surface area contributed by atoms with Crippen molar-refractivity contribution >= 4 is 17.7 Å². The summed E-state index contributed by atoms with van der Waals surface area (Å²) in [5.74, 6) is 0.371. The molecule has 0 aliphatic carbocycles. The highest BCUT2D eigenvalue weighted by Gasteiger charge is 2.32. The lowest BCUT2D eigenvalue weighted by Gasteiger charge is -2.39. The number of likely N-dealkylation sites (tertiary alicyclic amines) is 1. The fourth-order valence-electron chi connectivity index (χ4n) is 4.47. The molecule has 8 nitrogen and oxygen atoms in total. The van der Waals surface area contributed by atoms with Gasteiger partial charge in [-0.05, 0) is 44.2 Å². The fourth-order valence-corrected chi connectivity index (χ4v) is 4.47. The average Bonchev–Trinajstić information content (AvgIpc) is 2.82. The number of para-hydroxylation sites is 1. The molecule has 0 saturated carbocycles. The van der Waals surface area contributed by atoms with Gasteiger partial charge in [-0.2, -0.15) is 0 Å². The summed E-state index contributed by atoms with van der Waals surface area (Å²) < 4.78 is 5.50. The molecule has 2 heterocycles. The Bertz CT molecular complexity index is 793. The zero-order valence-corrected chi connectivity index (χ0v) is 20.2. The molecule has 182 valence electrons. The molecule has 2 fully saturated rings. The Morgan fingerprint density at radius 2 is 1.73 bits per heavy atom. The van der Waals surface area contributed by atoms with Crippen molar-refractivity contribution in [2.75, 3.05) is 45.9 Å². The molecule has 0 spiro atoms. The van der Waals surface area contributed by atoms with Gasteiger partial charge in [0.15, 0.2) is 6.61 Å². The molecule has 3 rings (SSSR count). The molecule has 0 aromatic heterocycles. The summed E-state index contributed by atoms with van der Waals surface area (Å²) in [4.78, 5) is 44.2. The first-order valence-corrected chi connectivity index (χ1v) is 12.1. The van der Waals surface area contributed by atoms with Crippen LogP contribution in [0.15, 0.2) is 30.3 Å². The van der Waals surface area contributed by atoms with Gasteiger partial charge in [0, 0.05) is 38.8 Å². The van der Waals surface area contributed by atoms with Gasteiger partial charge in [-0.15, -0.1) is 0 Å². The third-order valence-electron chi connectivity index (χ3n) is 6.53. The molecule has 8 heteroatoms. The first-order chi connectivity index (χ1) is 15.8. The summed E-state index contributed by atoms with van der Waals surface area (Å²) in [5, 5.41) is 2.85. The minimum absolute atomic E-state index is 0.0432. The quantitative estimate of drug-likeness (QED) is 0.642. The fraction of sp³-hybridized carbons (Fsp3) is 0.640. The first kappa shape index (κ1) is 25.0.